The highest BCUT2D eigenvalue weighted by Gasteiger charge is 2.25. The molecule has 1 saturated heterocycles. The summed E-state index contributed by atoms with van der Waals surface area (Å²) in [5, 5.41) is 7.96. The van der Waals surface area contributed by atoms with Gasteiger partial charge in [-0.2, -0.15) is 5.10 Å². The molecule has 5 rings (SSSR count). The van der Waals surface area contributed by atoms with Gasteiger partial charge in [0.25, 0.3) is 5.24 Å². The van der Waals surface area contributed by atoms with E-state index in [2.05, 4.69) is 10.3 Å². The summed E-state index contributed by atoms with van der Waals surface area (Å²) in [5.74, 6) is 0.0617. The molecule has 1 fully saturated rings. The van der Waals surface area contributed by atoms with Gasteiger partial charge in [0.15, 0.2) is 0 Å². The van der Waals surface area contributed by atoms with Gasteiger partial charge in [0, 0.05) is 22.3 Å². The van der Waals surface area contributed by atoms with E-state index in [4.69, 9.17) is 16.7 Å². The molecule has 0 radical (unpaired) electrons. The molecular weight excluding hydrogens is 459 g/mol. The molecule has 0 aliphatic carbocycles. The Bertz CT molecular complexity index is 1380. The van der Waals surface area contributed by atoms with Crippen LogP contribution in [0.5, 0.6) is 0 Å². The van der Waals surface area contributed by atoms with Crippen molar-refractivity contribution < 1.29 is 9.18 Å². The van der Waals surface area contributed by atoms with Crippen molar-refractivity contribution in [3.63, 3.8) is 0 Å². The first-order valence-corrected chi connectivity index (χ1v) is 11.2. The molecule has 4 aromatic rings. The molecule has 0 unspecified atom stereocenters. The number of hydrogen-bond donors (Lipinski definition) is 1. The topological polar surface area (TPSA) is 59.3 Å². The number of hydrogen-bond acceptors (Lipinski definition) is 4. The van der Waals surface area contributed by atoms with Crippen LogP contribution in [0.3, 0.4) is 0 Å². The van der Waals surface area contributed by atoms with Crippen LogP contribution in [0.4, 0.5) is 14.9 Å². The zero-order chi connectivity index (χ0) is 22.8. The van der Waals surface area contributed by atoms with E-state index in [1.54, 1.807) is 16.8 Å². The van der Waals surface area contributed by atoms with E-state index in [1.165, 1.54) is 12.1 Å². The maximum Gasteiger partial charge on any atom is 0.289 e. The molecule has 8 heteroatoms. The number of carbonyl (C=O) groups excluding carboxylic acids is 1. The van der Waals surface area contributed by atoms with Gasteiger partial charge in [0.2, 0.25) is 0 Å². The molecule has 162 valence electrons. The maximum absolute atomic E-state index is 13.2. The van der Waals surface area contributed by atoms with Crippen LogP contribution in [0.15, 0.2) is 95.0 Å². The smallest absolute Gasteiger partial charge is 0.289 e. The minimum absolute atomic E-state index is 0.231. The molecule has 1 aliphatic heterocycles. The number of nitrogens with one attached hydrogen (secondary N) is 1. The highest BCUT2D eigenvalue weighted by atomic mass is 35.5. The van der Waals surface area contributed by atoms with Gasteiger partial charge in [-0.15, -0.1) is 0 Å². The Morgan fingerprint density at radius 2 is 1.73 bits per heavy atom. The lowest BCUT2D eigenvalue weighted by atomic mass is 10.1. The van der Waals surface area contributed by atoms with Crippen LogP contribution < -0.4 is 5.32 Å². The van der Waals surface area contributed by atoms with Crippen molar-refractivity contribution in [1.29, 1.82) is 0 Å². The zero-order valence-corrected chi connectivity index (χ0v) is 18.6. The molecule has 2 heterocycles. The van der Waals surface area contributed by atoms with Gasteiger partial charge in [-0.3, -0.25) is 4.79 Å². The second-order valence-corrected chi connectivity index (χ2v) is 8.63. The van der Waals surface area contributed by atoms with Gasteiger partial charge in [0.05, 0.1) is 22.0 Å². The van der Waals surface area contributed by atoms with Crippen molar-refractivity contribution in [3.05, 3.63) is 106 Å². The summed E-state index contributed by atoms with van der Waals surface area (Å²) in [7, 11) is 0. The maximum atomic E-state index is 13.2. The molecule has 3 aromatic carbocycles. The average molecular weight is 475 g/mol. The summed E-state index contributed by atoms with van der Waals surface area (Å²) < 4.78 is 15.0. The minimum Gasteiger partial charge on any atom is -0.300 e. The molecule has 1 N–H and O–H groups in total. The summed E-state index contributed by atoms with van der Waals surface area (Å²) in [4.78, 5) is 17.3. The van der Waals surface area contributed by atoms with Crippen LogP contribution in [-0.2, 0) is 0 Å². The number of rotatable bonds is 4. The van der Waals surface area contributed by atoms with Crippen LogP contribution in [0, 0.1) is 5.82 Å². The van der Waals surface area contributed by atoms with E-state index in [9.17, 15) is 9.18 Å². The first kappa shape index (κ1) is 21.2. The molecule has 0 atom stereocenters. The summed E-state index contributed by atoms with van der Waals surface area (Å²) in [6.07, 6.45) is 3.78. The SMILES string of the molecule is O=C1NC(=Nc2ccc(F)cc2)/C(=C/c2cn(-c3ccccc3)nc2-c2ccc(Cl)cc2)S1. The first-order valence-electron chi connectivity index (χ1n) is 10.0. The largest absolute Gasteiger partial charge is 0.300 e. The van der Waals surface area contributed by atoms with Crippen molar-refractivity contribution in [2.45, 2.75) is 0 Å². The van der Waals surface area contributed by atoms with Gasteiger partial charge < -0.3 is 5.32 Å². The third-order valence-corrected chi connectivity index (χ3v) is 5.96. The van der Waals surface area contributed by atoms with Crippen molar-refractivity contribution in [3.8, 4) is 16.9 Å². The Labute approximate surface area is 198 Å². The Balaban J connectivity index is 1.60. The predicted molar refractivity (Wildman–Crippen MR) is 132 cm³/mol. The second kappa shape index (κ2) is 9.05. The van der Waals surface area contributed by atoms with Gasteiger partial charge in [0.1, 0.15) is 11.7 Å². The monoisotopic (exact) mass is 474 g/mol. The van der Waals surface area contributed by atoms with E-state index in [1.807, 2.05) is 66.9 Å². The van der Waals surface area contributed by atoms with Crippen molar-refractivity contribution in [2.75, 3.05) is 0 Å². The highest BCUT2D eigenvalue weighted by Crippen LogP contribution is 2.32. The Morgan fingerprint density at radius 3 is 2.45 bits per heavy atom. The molecule has 1 aromatic heterocycles. The average Bonchev–Trinajstić information content (AvgIpc) is 3.40. The van der Waals surface area contributed by atoms with Crippen LogP contribution in [0.25, 0.3) is 23.0 Å². The standard InChI is InChI=1S/C25H16ClFN4OS/c26-18-8-6-16(7-9-18)23-17(15-31(30-23)21-4-2-1-3-5-21)14-22-24(29-25(32)33-22)28-20-12-10-19(27)11-13-20/h1-15H,(H,28,29,32)/b22-14-. The highest BCUT2D eigenvalue weighted by molar-refractivity contribution is 8.18. The summed E-state index contributed by atoms with van der Waals surface area (Å²) in [6, 6.07) is 23.0. The van der Waals surface area contributed by atoms with Crippen molar-refractivity contribution in [1.82, 2.24) is 15.1 Å². The summed E-state index contributed by atoms with van der Waals surface area (Å²) in [5.41, 5.74) is 3.89. The van der Waals surface area contributed by atoms with E-state index in [-0.39, 0.29) is 11.1 Å². The number of carbonyl (C=O) groups is 1. The lowest BCUT2D eigenvalue weighted by molar-refractivity contribution is 0.265. The number of aliphatic imine (C=N–C) groups is 1. The molecule has 0 spiro atoms. The van der Waals surface area contributed by atoms with Crippen LogP contribution in [0.1, 0.15) is 5.56 Å². The first-order chi connectivity index (χ1) is 16.0. The minimum atomic E-state index is -0.347. The number of amides is 1. The Kier molecular flexibility index (Phi) is 5.81. The van der Waals surface area contributed by atoms with Crippen molar-refractivity contribution in [2.24, 2.45) is 4.99 Å². The quantitative estimate of drug-likeness (QED) is 0.351. The van der Waals surface area contributed by atoms with E-state index >= 15 is 0 Å². The second-order valence-electron chi connectivity index (χ2n) is 7.18. The lowest BCUT2D eigenvalue weighted by Crippen LogP contribution is -2.18. The summed E-state index contributed by atoms with van der Waals surface area (Å²) >= 11 is 7.12. The molecule has 0 bridgehead atoms. The molecule has 33 heavy (non-hydrogen) atoms. The lowest BCUT2D eigenvalue weighted by Gasteiger charge is -2.02. The molecule has 1 aliphatic rings. The zero-order valence-electron chi connectivity index (χ0n) is 17.1. The fourth-order valence-electron chi connectivity index (χ4n) is 3.34. The molecule has 5 nitrogen and oxygen atoms in total. The molecule has 0 saturated carbocycles. The van der Waals surface area contributed by atoms with E-state index < -0.39 is 0 Å². The number of amidine groups is 1. The normalized spacial score (nSPS) is 15.9. The Hall–Kier alpha value is -3.68. The Morgan fingerprint density at radius 1 is 1.00 bits per heavy atom. The van der Waals surface area contributed by atoms with Crippen molar-refractivity contribution >= 4 is 46.2 Å². The number of halogens is 2. The summed E-state index contributed by atoms with van der Waals surface area (Å²) in [6.45, 7) is 0. The van der Waals surface area contributed by atoms with Gasteiger partial charge >= 0.3 is 0 Å². The fraction of sp³-hybridized carbons (Fsp3) is 0. The van der Waals surface area contributed by atoms with Gasteiger partial charge in [-0.25, -0.2) is 14.1 Å². The third-order valence-electron chi connectivity index (χ3n) is 4.89. The van der Waals surface area contributed by atoms with Crippen LogP contribution >= 0.6 is 23.4 Å². The predicted octanol–water partition coefficient (Wildman–Crippen LogP) is 6.86. The molecular formula is C25H16ClFN4OS. The van der Waals surface area contributed by atoms with E-state index in [0.29, 0.717) is 21.5 Å². The van der Waals surface area contributed by atoms with Crippen LogP contribution in [-0.4, -0.2) is 20.9 Å². The van der Waals surface area contributed by atoms with Gasteiger partial charge in [-0.1, -0.05) is 41.9 Å². The molecule has 1 amide bonds. The number of nitrogens with zero attached hydrogens (tertiary/aromatic N) is 3. The number of para-hydroxylation sites is 1. The number of thioether (sulfide) groups is 1. The van der Waals surface area contributed by atoms with Gasteiger partial charge in [-0.05, 0) is 66.4 Å². The van der Waals surface area contributed by atoms with Crippen LogP contribution in [0.2, 0.25) is 5.02 Å². The number of aromatic nitrogens is 2. The fourth-order valence-corrected chi connectivity index (χ4v) is 4.19. The number of benzene rings is 3. The third kappa shape index (κ3) is 4.74. The van der Waals surface area contributed by atoms with E-state index in [0.717, 1.165) is 34.3 Å².